The lowest BCUT2D eigenvalue weighted by Crippen LogP contribution is -2.30. The highest BCUT2D eigenvalue weighted by molar-refractivity contribution is 5.71. The Morgan fingerprint density at radius 3 is 0.921 bits per heavy atom. The molecule has 0 aliphatic carbocycles. The Morgan fingerprint density at radius 1 is 0.317 bits per heavy atom. The standard InChI is InChI=1S/C57H96O6/c1-4-7-10-13-16-19-22-25-28-31-34-37-40-43-46-49-55(58)61-52-54(63-57(60)51-48-45-42-39-36-33-30-27-24-21-18-15-12-9-6-3)53-62-56(59)50-47-44-41-38-35-32-29-26-23-20-17-14-11-8-5-2/h16-21,25-30,34,37,54H,4-15,22-24,31-33,35-36,38-53H2,1-3H3/b19-16-,20-17-,21-18+,28-25-,29-26-,30-27+,37-34-. The minimum Gasteiger partial charge on any atom is -0.462 e. The van der Waals surface area contributed by atoms with Crippen molar-refractivity contribution in [2.24, 2.45) is 0 Å². The molecule has 0 radical (unpaired) electrons. The first-order valence-electron chi connectivity index (χ1n) is 26.1. The van der Waals surface area contributed by atoms with Gasteiger partial charge < -0.3 is 14.2 Å². The second kappa shape index (κ2) is 51.2. The average molecular weight is 877 g/mol. The van der Waals surface area contributed by atoms with E-state index >= 15 is 0 Å². The van der Waals surface area contributed by atoms with Gasteiger partial charge in [-0.2, -0.15) is 0 Å². The molecular formula is C57H96O6. The molecule has 0 aliphatic rings. The van der Waals surface area contributed by atoms with Crippen molar-refractivity contribution in [2.45, 2.75) is 245 Å². The second-order valence-electron chi connectivity index (χ2n) is 17.1. The molecule has 0 aromatic rings. The van der Waals surface area contributed by atoms with Gasteiger partial charge in [0.05, 0.1) is 0 Å². The van der Waals surface area contributed by atoms with Crippen LogP contribution in [0.25, 0.3) is 0 Å². The zero-order valence-corrected chi connectivity index (χ0v) is 41.1. The van der Waals surface area contributed by atoms with Crippen molar-refractivity contribution in [1.82, 2.24) is 0 Å². The molecule has 0 aromatic carbocycles. The fourth-order valence-electron chi connectivity index (χ4n) is 6.86. The van der Waals surface area contributed by atoms with Gasteiger partial charge in [0.15, 0.2) is 6.10 Å². The highest BCUT2D eigenvalue weighted by Gasteiger charge is 2.19. The van der Waals surface area contributed by atoms with E-state index < -0.39 is 6.10 Å². The molecule has 0 bridgehead atoms. The van der Waals surface area contributed by atoms with Gasteiger partial charge in [0.2, 0.25) is 0 Å². The van der Waals surface area contributed by atoms with Gasteiger partial charge in [-0.25, -0.2) is 0 Å². The number of unbranched alkanes of at least 4 members (excludes halogenated alkanes) is 21. The Bertz CT molecular complexity index is 1240. The number of carbonyl (C=O) groups excluding carboxylic acids is 3. The van der Waals surface area contributed by atoms with Crippen LogP contribution in [0.4, 0.5) is 0 Å². The summed E-state index contributed by atoms with van der Waals surface area (Å²) in [7, 11) is 0. The van der Waals surface area contributed by atoms with Gasteiger partial charge in [0.1, 0.15) is 13.2 Å². The number of hydrogen-bond acceptors (Lipinski definition) is 6. The molecule has 1 unspecified atom stereocenters. The third-order valence-electron chi connectivity index (χ3n) is 10.8. The number of hydrogen-bond donors (Lipinski definition) is 0. The van der Waals surface area contributed by atoms with E-state index in [2.05, 4.69) is 106 Å². The monoisotopic (exact) mass is 877 g/mol. The molecule has 0 spiro atoms. The fourth-order valence-corrected chi connectivity index (χ4v) is 6.86. The van der Waals surface area contributed by atoms with E-state index in [1.807, 2.05) is 0 Å². The Balaban J connectivity index is 4.50. The molecule has 0 aromatic heterocycles. The number of carbonyl (C=O) groups is 3. The van der Waals surface area contributed by atoms with Crippen LogP contribution in [0.15, 0.2) is 85.1 Å². The highest BCUT2D eigenvalue weighted by atomic mass is 16.6. The molecule has 0 N–H and O–H groups in total. The van der Waals surface area contributed by atoms with E-state index in [-0.39, 0.29) is 31.1 Å². The van der Waals surface area contributed by atoms with Gasteiger partial charge in [-0.3, -0.25) is 14.4 Å². The number of esters is 3. The largest absolute Gasteiger partial charge is 0.462 e. The fraction of sp³-hybridized carbons (Fsp3) is 0.702. The molecular weight excluding hydrogens is 781 g/mol. The Hall–Kier alpha value is -3.41. The van der Waals surface area contributed by atoms with Crippen LogP contribution >= 0.6 is 0 Å². The average Bonchev–Trinajstić information content (AvgIpc) is 3.28. The Labute approximate surface area is 388 Å². The smallest absolute Gasteiger partial charge is 0.306 e. The number of ether oxygens (including phenoxy) is 3. The summed E-state index contributed by atoms with van der Waals surface area (Å²) in [6, 6.07) is 0. The summed E-state index contributed by atoms with van der Waals surface area (Å²) in [5.41, 5.74) is 0. The molecule has 0 saturated carbocycles. The molecule has 63 heavy (non-hydrogen) atoms. The van der Waals surface area contributed by atoms with Crippen molar-refractivity contribution >= 4 is 17.9 Å². The van der Waals surface area contributed by atoms with Gasteiger partial charge in [-0.15, -0.1) is 0 Å². The molecule has 360 valence electrons. The van der Waals surface area contributed by atoms with Crippen LogP contribution in [0.3, 0.4) is 0 Å². The van der Waals surface area contributed by atoms with E-state index in [1.165, 1.54) is 77.0 Å². The SMILES string of the molecule is CCCCC/C=C\C/C=C\C/C=C\CCCCC(=O)OCC(COC(=O)CCCCCCC/C=C\C/C=C\CCCCC)OC(=O)CCCCCCC/C=C/C/C=C/CCCCC. The van der Waals surface area contributed by atoms with Crippen molar-refractivity contribution < 1.29 is 28.6 Å². The highest BCUT2D eigenvalue weighted by Crippen LogP contribution is 2.13. The minimum atomic E-state index is -0.805. The van der Waals surface area contributed by atoms with E-state index in [0.717, 1.165) is 122 Å². The molecule has 0 amide bonds. The van der Waals surface area contributed by atoms with Crippen molar-refractivity contribution in [2.75, 3.05) is 13.2 Å². The van der Waals surface area contributed by atoms with Gasteiger partial charge in [0.25, 0.3) is 0 Å². The van der Waals surface area contributed by atoms with Crippen LogP contribution in [0.2, 0.25) is 0 Å². The first-order chi connectivity index (χ1) is 31.0. The first-order valence-corrected chi connectivity index (χ1v) is 26.1. The summed E-state index contributed by atoms with van der Waals surface area (Å²) >= 11 is 0. The van der Waals surface area contributed by atoms with Crippen molar-refractivity contribution in [3.05, 3.63) is 85.1 Å². The quantitative estimate of drug-likeness (QED) is 0.0262. The Kier molecular flexibility index (Phi) is 48.5. The summed E-state index contributed by atoms with van der Waals surface area (Å²) in [6.45, 7) is 6.49. The zero-order valence-electron chi connectivity index (χ0n) is 41.1. The lowest BCUT2D eigenvalue weighted by Gasteiger charge is -2.18. The third-order valence-corrected chi connectivity index (χ3v) is 10.8. The zero-order chi connectivity index (χ0) is 45.8. The van der Waals surface area contributed by atoms with Gasteiger partial charge in [-0.05, 0) is 122 Å². The third kappa shape index (κ3) is 49.5. The van der Waals surface area contributed by atoms with E-state index in [0.29, 0.717) is 19.3 Å². The summed E-state index contributed by atoms with van der Waals surface area (Å²) in [6.07, 6.45) is 65.6. The van der Waals surface area contributed by atoms with E-state index in [4.69, 9.17) is 14.2 Å². The van der Waals surface area contributed by atoms with Gasteiger partial charge >= 0.3 is 17.9 Å². The van der Waals surface area contributed by atoms with Gasteiger partial charge in [-0.1, -0.05) is 183 Å². The predicted molar refractivity (Wildman–Crippen MR) is 270 cm³/mol. The van der Waals surface area contributed by atoms with Crippen LogP contribution in [0.5, 0.6) is 0 Å². The summed E-state index contributed by atoms with van der Waals surface area (Å²) < 4.78 is 16.7. The van der Waals surface area contributed by atoms with Crippen molar-refractivity contribution in [3.8, 4) is 0 Å². The summed E-state index contributed by atoms with van der Waals surface area (Å²) in [5, 5.41) is 0. The molecule has 0 rings (SSSR count). The van der Waals surface area contributed by atoms with Crippen molar-refractivity contribution in [3.63, 3.8) is 0 Å². The van der Waals surface area contributed by atoms with Crippen LogP contribution in [0, 0.1) is 0 Å². The number of rotatable bonds is 46. The molecule has 6 heteroatoms. The summed E-state index contributed by atoms with van der Waals surface area (Å²) in [4.78, 5) is 38.0. The van der Waals surface area contributed by atoms with Crippen molar-refractivity contribution in [1.29, 1.82) is 0 Å². The maximum Gasteiger partial charge on any atom is 0.306 e. The maximum absolute atomic E-state index is 12.8. The van der Waals surface area contributed by atoms with Crippen LogP contribution in [-0.2, 0) is 28.6 Å². The lowest BCUT2D eigenvalue weighted by molar-refractivity contribution is -0.167. The molecule has 0 aliphatic heterocycles. The maximum atomic E-state index is 12.8. The molecule has 1 atom stereocenters. The number of allylic oxidation sites excluding steroid dienone is 14. The molecule has 0 fully saturated rings. The van der Waals surface area contributed by atoms with E-state index in [1.54, 1.807) is 0 Å². The molecule has 6 nitrogen and oxygen atoms in total. The van der Waals surface area contributed by atoms with Crippen LogP contribution in [-0.4, -0.2) is 37.2 Å². The van der Waals surface area contributed by atoms with Gasteiger partial charge in [0, 0.05) is 19.3 Å². The van der Waals surface area contributed by atoms with Crippen LogP contribution in [0.1, 0.15) is 239 Å². The topological polar surface area (TPSA) is 78.9 Å². The lowest BCUT2D eigenvalue weighted by atomic mass is 10.1. The normalized spacial score (nSPS) is 12.7. The molecule has 0 heterocycles. The summed E-state index contributed by atoms with van der Waals surface area (Å²) in [5.74, 6) is -0.970. The second-order valence-corrected chi connectivity index (χ2v) is 17.1. The predicted octanol–water partition coefficient (Wildman–Crippen LogP) is 17.2. The first kappa shape index (κ1) is 59.6. The Morgan fingerprint density at radius 2 is 0.571 bits per heavy atom. The van der Waals surface area contributed by atoms with Crippen LogP contribution < -0.4 is 0 Å². The van der Waals surface area contributed by atoms with E-state index in [9.17, 15) is 14.4 Å². The minimum absolute atomic E-state index is 0.102. The molecule has 0 saturated heterocycles.